The number of amides is 1. The molecule has 2 rings (SSSR count). The van der Waals surface area contributed by atoms with E-state index in [2.05, 4.69) is 15.3 Å². The Balaban J connectivity index is 2.77. The summed E-state index contributed by atoms with van der Waals surface area (Å²) in [5.41, 5.74) is 4.09. The van der Waals surface area contributed by atoms with Gasteiger partial charge < -0.3 is 11.1 Å². The van der Waals surface area contributed by atoms with Crippen LogP contribution in [0.15, 0.2) is 5.38 Å². The number of hydrogen-bond acceptors (Lipinski definition) is 5. The van der Waals surface area contributed by atoms with Gasteiger partial charge in [-0.25, -0.2) is 9.97 Å². The molecule has 2 heterocycles. The number of hydrogen-bond donors (Lipinski definition) is 2. The van der Waals surface area contributed by atoms with Gasteiger partial charge in [-0.1, -0.05) is 0 Å². The zero-order valence-corrected chi connectivity index (χ0v) is 9.82. The van der Waals surface area contributed by atoms with E-state index in [-0.39, 0.29) is 15.8 Å². The minimum absolute atomic E-state index is 0.0529. The molecule has 0 radical (unpaired) electrons. The molecule has 0 aliphatic carbocycles. The molecule has 2 aromatic rings. The van der Waals surface area contributed by atoms with Crippen LogP contribution in [0.2, 0.25) is 0 Å². The van der Waals surface area contributed by atoms with E-state index in [1.807, 2.05) is 0 Å². The predicted octanol–water partition coefficient (Wildman–Crippen LogP) is 1.65. The molecular formula is C9H7F3N4OS. The van der Waals surface area contributed by atoms with E-state index in [9.17, 15) is 18.0 Å². The van der Waals surface area contributed by atoms with Crippen LogP contribution in [0.25, 0.3) is 10.2 Å². The van der Waals surface area contributed by atoms with E-state index in [1.165, 1.54) is 12.4 Å². The second-order valence-electron chi connectivity index (χ2n) is 3.33. The molecule has 0 fully saturated rings. The molecule has 3 N–H and O–H groups in total. The Bertz CT molecular complexity index is 622. The zero-order valence-electron chi connectivity index (χ0n) is 9.00. The second-order valence-corrected chi connectivity index (χ2v) is 4.21. The Hall–Kier alpha value is -1.90. The van der Waals surface area contributed by atoms with Crippen molar-refractivity contribution >= 4 is 33.4 Å². The van der Waals surface area contributed by atoms with E-state index >= 15 is 0 Å². The number of alkyl halides is 3. The van der Waals surface area contributed by atoms with Gasteiger partial charge in [-0.2, -0.15) is 13.2 Å². The van der Waals surface area contributed by atoms with E-state index < -0.39 is 23.7 Å². The van der Waals surface area contributed by atoms with Crippen LogP contribution < -0.4 is 11.1 Å². The van der Waals surface area contributed by atoms with Gasteiger partial charge in [-0.3, -0.25) is 4.79 Å². The molecule has 0 aliphatic rings. The predicted molar refractivity (Wildman–Crippen MR) is 60.2 cm³/mol. The van der Waals surface area contributed by atoms with Crippen LogP contribution in [0.3, 0.4) is 0 Å². The number of rotatable bonds is 1. The molecule has 0 aliphatic heterocycles. The van der Waals surface area contributed by atoms with Crippen molar-refractivity contribution in [3.8, 4) is 0 Å². The van der Waals surface area contributed by atoms with Gasteiger partial charge in [0.25, 0.3) is 5.91 Å². The average Bonchev–Trinajstić information content (AvgIpc) is 2.69. The molecule has 9 heteroatoms. The fourth-order valence-electron chi connectivity index (χ4n) is 1.42. The first-order chi connectivity index (χ1) is 8.34. The molecule has 0 bridgehead atoms. The second kappa shape index (κ2) is 4.09. The molecule has 0 saturated heterocycles. The highest BCUT2D eigenvalue weighted by Gasteiger charge is 2.36. The lowest BCUT2D eigenvalue weighted by Crippen LogP contribution is -2.18. The van der Waals surface area contributed by atoms with Gasteiger partial charge in [0, 0.05) is 12.4 Å². The molecule has 0 spiro atoms. The van der Waals surface area contributed by atoms with Crippen molar-refractivity contribution in [2.45, 2.75) is 6.18 Å². The van der Waals surface area contributed by atoms with Crippen molar-refractivity contribution in [2.75, 3.05) is 12.8 Å². The first-order valence-electron chi connectivity index (χ1n) is 4.68. The third-order valence-corrected chi connectivity index (χ3v) is 3.15. The Labute approximate surface area is 103 Å². The van der Waals surface area contributed by atoms with Crippen LogP contribution in [0.4, 0.5) is 19.1 Å². The lowest BCUT2D eigenvalue weighted by Gasteiger charge is -2.07. The zero-order chi connectivity index (χ0) is 13.5. The van der Waals surface area contributed by atoms with Crippen LogP contribution >= 0.6 is 11.3 Å². The first-order valence-corrected chi connectivity index (χ1v) is 5.56. The van der Waals surface area contributed by atoms with Crippen molar-refractivity contribution in [3.05, 3.63) is 16.6 Å². The standard InChI is InChI=1S/C9H7F3N4OS/c1-14-7(17)3-2-18-5-4(3)15-8(13)16-6(5)9(10,11)12/h2H,1H3,(H,14,17)(H2,13,15,16). The van der Waals surface area contributed by atoms with E-state index in [4.69, 9.17) is 5.73 Å². The van der Waals surface area contributed by atoms with Gasteiger partial charge in [0.2, 0.25) is 5.95 Å². The van der Waals surface area contributed by atoms with E-state index in [1.54, 1.807) is 0 Å². The van der Waals surface area contributed by atoms with Gasteiger partial charge in [0.1, 0.15) is 0 Å². The van der Waals surface area contributed by atoms with Crippen molar-refractivity contribution in [3.63, 3.8) is 0 Å². The fraction of sp³-hybridized carbons (Fsp3) is 0.222. The molecule has 1 amide bonds. The minimum Gasteiger partial charge on any atom is -0.368 e. The third kappa shape index (κ3) is 1.96. The summed E-state index contributed by atoms with van der Waals surface area (Å²) in [7, 11) is 1.38. The Morgan fingerprint density at radius 1 is 1.44 bits per heavy atom. The molecule has 2 aromatic heterocycles. The Morgan fingerprint density at radius 3 is 2.67 bits per heavy atom. The van der Waals surface area contributed by atoms with E-state index in [0.717, 1.165) is 11.3 Å². The minimum atomic E-state index is -4.64. The molecule has 0 unspecified atom stereocenters. The molecular weight excluding hydrogens is 269 g/mol. The molecule has 5 nitrogen and oxygen atoms in total. The topological polar surface area (TPSA) is 80.9 Å². The number of halogens is 3. The van der Waals surface area contributed by atoms with Crippen molar-refractivity contribution in [2.24, 2.45) is 0 Å². The third-order valence-electron chi connectivity index (χ3n) is 2.17. The number of anilines is 1. The summed E-state index contributed by atoms with van der Waals surface area (Å²) in [5.74, 6) is -1.04. The number of nitrogen functional groups attached to an aromatic ring is 1. The number of aromatic nitrogens is 2. The number of fused-ring (bicyclic) bond motifs is 1. The van der Waals surface area contributed by atoms with E-state index in [0.29, 0.717) is 0 Å². The Morgan fingerprint density at radius 2 is 2.11 bits per heavy atom. The quantitative estimate of drug-likeness (QED) is 0.830. The van der Waals surface area contributed by atoms with Gasteiger partial charge in [-0.15, -0.1) is 11.3 Å². The van der Waals surface area contributed by atoms with Crippen LogP contribution in [0.5, 0.6) is 0 Å². The molecule has 0 atom stereocenters. The number of nitrogens with one attached hydrogen (secondary N) is 1. The van der Waals surface area contributed by atoms with Crippen LogP contribution in [-0.4, -0.2) is 22.9 Å². The van der Waals surface area contributed by atoms with Crippen LogP contribution in [-0.2, 0) is 6.18 Å². The summed E-state index contributed by atoms with van der Waals surface area (Å²) in [6.45, 7) is 0. The highest BCUT2D eigenvalue weighted by Crippen LogP contribution is 2.37. The summed E-state index contributed by atoms with van der Waals surface area (Å²) in [6.07, 6.45) is -4.64. The monoisotopic (exact) mass is 276 g/mol. The lowest BCUT2D eigenvalue weighted by molar-refractivity contribution is -0.139. The fourth-order valence-corrected chi connectivity index (χ4v) is 2.42. The largest absolute Gasteiger partial charge is 0.434 e. The van der Waals surface area contributed by atoms with Gasteiger partial charge in [-0.05, 0) is 0 Å². The number of carbonyl (C=O) groups excluding carboxylic acids is 1. The van der Waals surface area contributed by atoms with Crippen molar-refractivity contribution in [1.82, 2.24) is 15.3 Å². The highest BCUT2D eigenvalue weighted by atomic mass is 32.1. The summed E-state index contributed by atoms with van der Waals surface area (Å²) in [4.78, 5) is 18.4. The maximum Gasteiger partial charge on any atom is 0.434 e. The lowest BCUT2D eigenvalue weighted by atomic mass is 10.2. The smallest absolute Gasteiger partial charge is 0.368 e. The average molecular weight is 276 g/mol. The van der Waals surface area contributed by atoms with Crippen LogP contribution in [0, 0.1) is 0 Å². The molecule has 0 saturated carbocycles. The normalized spacial score (nSPS) is 11.8. The molecule has 0 aromatic carbocycles. The van der Waals surface area contributed by atoms with Gasteiger partial charge >= 0.3 is 6.18 Å². The number of carbonyl (C=O) groups is 1. The first kappa shape index (κ1) is 12.6. The van der Waals surface area contributed by atoms with Crippen molar-refractivity contribution < 1.29 is 18.0 Å². The van der Waals surface area contributed by atoms with Crippen molar-refractivity contribution in [1.29, 1.82) is 0 Å². The summed E-state index contributed by atoms with van der Waals surface area (Å²) < 4.78 is 38.1. The summed E-state index contributed by atoms with van der Waals surface area (Å²) in [6, 6.07) is 0. The van der Waals surface area contributed by atoms with Gasteiger partial charge in [0.15, 0.2) is 5.69 Å². The number of nitrogens with zero attached hydrogens (tertiary/aromatic N) is 2. The molecule has 18 heavy (non-hydrogen) atoms. The van der Waals surface area contributed by atoms with Crippen LogP contribution in [0.1, 0.15) is 16.1 Å². The maximum absolute atomic E-state index is 12.8. The molecule has 96 valence electrons. The SMILES string of the molecule is CNC(=O)c1csc2c(C(F)(F)F)nc(N)nc12. The summed E-state index contributed by atoms with van der Waals surface area (Å²) >= 11 is 0.758. The Kier molecular flexibility index (Phi) is 2.85. The highest BCUT2D eigenvalue weighted by molar-refractivity contribution is 7.17. The number of thiophene rings is 1. The summed E-state index contributed by atoms with van der Waals surface area (Å²) in [5, 5.41) is 3.62. The number of nitrogens with two attached hydrogens (primary N) is 1. The van der Waals surface area contributed by atoms with Gasteiger partial charge in [0.05, 0.1) is 15.8 Å². The maximum atomic E-state index is 12.8.